The zero-order chi connectivity index (χ0) is 52.3. The number of nitrogens with one attached hydrogen (secondary N) is 1. The van der Waals surface area contributed by atoms with Crippen molar-refractivity contribution in [2.24, 2.45) is 0 Å². The summed E-state index contributed by atoms with van der Waals surface area (Å²) in [5.74, 6) is 11.6. The fourth-order valence-corrected chi connectivity index (χ4v) is 10.5. The number of likely N-dealkylation sites (N-methyl/N-ethyl adjacent to an activating group) is 1. The smallest absolute Gasteiger partial charge is 0.308 e. The van der Waals surface area contributed by atoms with Crippen LogP contribution in [0.15, 0.2) is 53.6 Å². The number of methoxy groups -OCH3 is 2. The maximum atomic E-state index is 14.4. The molecule has 2 aliphatic carbocycles. The number of phenols is 1. The van der Waals surface area contributed by atoms with Crippen LogP contribution in [-0.2, 0) is 33.2 Å². The lowest BCUT2D eigenvalue weighted by molar-refractivity contribution is -0.290. The van der Waals surface area contributed by atoms with Gasteiger partial charge in [0.15, 0.2) is 46.7 Å². The fraction of sp³-hybridized carbons (Fsp3) is 0.528. The number of aromatic hydroxyl groups is 1. The number of aliphatic hydroxyl groups excluding tert-OH is 2. The van der Waals surface area contributed by atoms with Gasteiger partial charge in [-0.25, -0.2) is 4.98 Å². The number of hydrogen-bond donors (Lipinski definition) is 5. The third-order valence-corrected chi connectivity index (χ3v) is 14.1. The van der Waals surface area contributed by atoms with Gasteiger partial charge in [-0.05, 0) is 90.5 Å². The van der Waals surface area contributed by atoms with E-state index in [-0.39, 0.29) is 64.4 Å². The predicted molar refractivity (Wildman–Crippen MR) is 261 cm³/mol. The van der Waals surface area contributed by atoms with Gasteiger partial charge in [-0.15, -0.1) is 0 Å². The minimum atomic E-state index is -1.56. The number of halogens is 1. The minimum absolute atomic E-state index is 0.0841. The first kappa shape index (κ1) is 52.2. The van der Waals surface area contributed by atoms with Gasteiger partial charge in [0.05, 0.1) is 74.0 Å². The molecule has 0 radical (unpaired) electrons. The normalized spacial score (nSPS) is 34.3. The molecule has 3 aromatic rings. The first-order chi connectivity index (χ1) is 34.7. The molecule has 1 amide bonds. The van der Waals surface area contributed by atoms with Gasteiger partial charge in [-0.1, -0.05) is 35.3 Å². The molecule has 5 bridgehead atoms. The number of carbonyl (C=O) groups excluding carboxylic acids is 2. The number of aliphatic hydroxyl groups is 3. The number of aromatic nitrogens is 1. The number of ether oxygens (including phenoxy) is 10. The molecule has 390 valence electrons. The number of hydrogen-bond acceptors (Lipinski definition) is 18. The number of benzene rings is 2. The molecule has 1 aromatic heterocycles. The van der Waals surface area contributed by atoms with Gasteiger partial charge in [0.2, 0.25) is 5.75 Å². The molecule has 6 heterocycles. The Kier molecular flexibility index (Phi) is 14.7. The lowest BCUT2D eigenvalue weighted by Crippen LogP contribution is -2.57. The monoisotopic (exact) mass is 1030 g/mol. The molecule has 5 aliphatic heterocycles. The second-order valence-electron chi connectivity index (χ2n) is 19.7. The fourth-order valence-electron chi connectivity index (χ4n) is 10.3. The van der Waals surface area contributed by atoms with Gasteiger partial charge >= 0.3 is 5.97 Å². The number of fused-ring (bicyclic) bond motifs is 8. The Balaban J connectivity index is 1.09. The topological polar surface area (TPSA) is 239 Å². The first-order valence-electron chi connectivity index (χ1n) is 24.1. The Labute approximate surface area is 427 Å². The molecule has 73 heavy (non-hydrogen) atoms. The number of pyridine rings is 1. The van der Waals surface area contributed by atoms with Crippen LogP contribution in [0.1, 0.15) is 76.0 Å². The molecular formula is C53H60ClN3O16. The van der Waals surface area contributed by atoms with Crippen LogP contribution < -0.4 is 24.3 Å². The Hall–Kier alpha value is -5.68. The van der Waals surface area contributed by atoms with E-state index in [1.54, 1.807) is 25.1 Å². The minimum Gasteiger partial charge on any atom is -0.507 e. The van der Waals surface area contributed by atoms with Crippen molar-refractivity contribution in [3.05, 3.63) is 70.0 Å². The summed E-state index contributed by atoms with van der Waals surface area (Å²) in [6, 6.07) is 6.01. The summed E-state index contributed by atoms with van der Waals surface area (Å²) < 4.78 is 61.9. The Bertz CT molecular complexity index is 2840. The van der Waals surface area contributed by atoms with Crippen molar-refractivity contribution in [3.63, 3.8) is 0 Å². The number of carbonyl (C=O) groups is 2. The largest absolute Gasteiger partial charge is 0.507 e. The van der Waals surface area contributed by atoms with Crippen LogP contribution in [0.2, 0.25) is 5.15 Å². The van der Waals surface area contributed by atoms with Gasteiger partial charge < -0.3 is 78.0 Å². The van der Waals surface area contributed by atoms with Crippen LogP contribution in [-0.4, -0.2) is 162 Å². The van der Waals surface area contributed by atoms with Gasteiger partial charge in [0.1, 0.15) is 36.8 Å². The molecule has 2 aromatic carbocycles. The summed E-state index contributed by atoms with van der Waals surface area (Å²) in [7, 11) is 6.60. The van der Waals surface area contributed by atoms with Gasteiger partial charge in [-0.2, -0.15) is 0 Å². The molecule has 3 fully saturated rings. The SMILES string of the molecule is COc1c(OC(C)C)cc2cc(O)c(C(=O)N[C@@H]3CC(=O)OC[C@@H](OC4C[C@H](O)[C@H](N(C)C)C(C)O4)/C4=C/C#C[C@@H]5O[C@]56C(=C[C@H](Oc5ccc3nc5Cl)[C@@H]6O[C@H]3C[C@@](C)(O)[C@@H](O)[C@H](C)O3)C#C4)cc2c1OC. The van der Waals surface area contributed by atoms with E-state index in [0.29, 0.717) is 27.7 Å². The van der Waals surface area contributed by atoms with Gasteiger partial charge in [0.25, 0.3) is 5.91 Å². The molecule has 3 saturated heterocycles. The summed E-state index contributed by atoms with van der Waals surface area (Å²) in [5, 5.41) is 48.1. The Morgan fingerprint density at radius 1 is 1.03 bits per heavy atom. The van der Waals surface area contributed by atoms with Crippen LogP contribution >= 0.6 is 11.6 Å². The number of allylic oxidation sites excluding steroid dienone is 1. The zero-order valence-corrected chi connectivity index (χ0v) is 42.6. The number of nitrogens with zero attached hydrogens (tertiary/aromatic N) is 2. The van der Waals surface area contributed by atoms with Crippen molar-refractivity contribution in [2.75, 3.05) is 34.9 Å². The number of epoxide rings is 1. The number of phenolic OH excluding ortho intramolecular Hbond substituents is 1. The predicted octanol–water partition coefficient (Wildman–Crippen LogP) is 4.03. The average Bonchev–Trinajstić information content (AvgIpc) is 3.95. The third-order valence-electron chi connectivity index (χ3n) is 13.8. The molecular weight excluding hydrogens is 970 g/mol. The lowest BCUT2D eigenvalue weighted by Gasteiger charge is -2.43. The quantitative estimate of drug-likeness (QED) is 0.0789. The van der Waals surface area contributed by atoms with Crippen molar-refractivity contribution in [3.8, 4) is 52.4 Å². The number of amides is 1. The Morgan fingerprint density at radius 3 is 2.47 bits per heavy atom. The molecule has 20 heteroatoms. The molecule has 14 atom stereocenters. The molecule has 7 aliphatic rings. The highest BCUT2D eigenvalue weighted by Gasteiger charge is 2.70. The molecule has 1 spiro atoms. The Morgan fingerprint density at radius 2 is 1.78 bits per heavy atom. The summed E-state index contributed by atoms with van der Waals surface area (Å²) in [6.07, 6.45) is -6.53. The summed E-state index contributed by atoms with van der Waals surface area (Å²) in [6.45, 7) is 8.27. The highest BCUT2D eigenvalue weighted by atomic mass is 35.5. The van der Waals surface area contributed by atoms with E-state index in [9.17, 15) is 30.0 Å². The van der Waals surface area contributed by atoms with E-state index in [2.05, 4.69) is 34.0 Å². The number of esters is 1. The van der Waals surface area contributed by atoms with E-state index in [4.69, 9.17) is 59.0 Å². The van der Waals surface area contributed by atoms with Crippen LogP contribution in [0, 0.1) is 23.7 Å². The molecule has 2 unspecified atom stereocenters. The van der Waals surface area contributed by atoms with E-state index >= 15 is 0 Å². The molecule has 0 saturated carbocycles. The summed E-state index contributed by atoms with van der Waals surface area (Å²) in [4.78, 5) is 35.0. The van der Waals surface area contributed by atoms with E-state index in [1.807, 2.05) is 39.8 Å². The maximum absolute atomic E-state index is 14.4. The van der Waals surface area contributed by atoms with Gasteiger partial charge in [-0.3, -0.25) is 9.59 Å². The first-order valence-corrected chi connectivity index (χ1v) is 24.5. The molecule has 10 rings (SSSR count). The third kappa shape index (κ3) is 10.3. The van der Waals surface area contributed by atoms with Crippen LogP contribution in [0.4, 0.5) is 0 Å². The zero-order valence-electron chi connectivity index (χ0n) is 41.8. The van der Waals surface area contributed by atoms with Crippen LogP contribution in [0.5, 0.6) is 28.7 Å². The van der Waals surface area contributed by atoms with Crippen LogP contribution in [0.3, 0.4) is 0 Å². The van der Waals surface area contributed by atoms with Gasteiger partial charge in [0, 0.05) is 35.5 Å². The second-order valence-corrected chi connectivity index (χ2v) is 20.1. The highest BCUT2D eigenvalue weighted by Crippen LogP contribution is 2.54. The summed E-state index contributed by atoms with van der Waals surface area (Å²) >= 11 is 6.92. The maximum Gasteiger partial charge on any atom is 0.308 e. The molecule has 19 nitrogen and oxygen atoms in total. The van der Waals surface area contributed by atoms with E-state index < -0.39 is 104 Å². The number of rotatable bonds is 11. The highest BCUT2D eigenvalue weighted by molar-refractivity contribution is 6.30. The molecule has 5 N–H and O–H groups in total. The van der Waals surface area contributed by atoms with Crippen LogP contribution in [0.25, 0.3) is 10.8 Å². The van der Waals surface area contributed by atoms with Crippen molar-refractivity contribution >= 4 is 34.2 Å². The second kappa shape index (κ2) is 20.6. The standard InChI is InChI=1S/C53H60ClN3O16/c1-25(2)67-38-18-29-17-35(58)32(20-31(29)46(64-8)47(38)65-9)51(62)56-34-21-42(60)66-24-40(71-43-22-36(59)45(57(6)7)26(3)68-43)28-11-10-12-41-53(73-41)30(14-13-28)19-39(70-37-16-15-33(34)55-50(37)54)49(53)72-44-23-52(5,63)48(61)27(4)69-44/h11,15-20,25-27,34,36,39-41,43-45,48-49,58-59,61,63H,21-24H2,1-9H3,(H,56,62)/b28-11+/t26?,27-,34+,36-,39-,40+,41-,43?,44-,45+,48-,49-,52+,53+/m0/s1. The average molecular weight is 1030 g/mol. The van der Waals surface area contributed by atoms with Crippen molar-refractivity contribution < 1.29 is 77.4 Å². The van der Waals surface area contributed by atoms with Crippen molar-refractivity contribution in [1.82, 2.24) is 15.2 Å². The van der Waals surface area contributed by atoms with E-state index in [1.165, 1.54) is 45.4 Å². The lowest BCUT2D eigenvalue weighted by atomic mass is 9.88. The summed E-state index contributed by atoms with van der Waals surface area (Å²) in [5.41, 5.74) is -2.14. The van der Waals surface area contributed by atoms with Crippen molar-refractivity contribution in [2.45, 2.75) is 145 Å². The van der Waals surface area contributed by atoms with Crippen molar-refractivity contribution in [1.29, 1.82) is 0 Å². The van der Waals surface area contributed by atoms with E-state index in [0.717, 1.165) is 0 Å².